The summed E-state index contributed by atoms with van der Waals surface area (Å²) in [6, 6.07) is 7.59. The average molecular weight is 289 g/mol. The fourth-order valence-corrected chi connectivity index (χ4v) is 2.24. The van der Waals surface area contributed by atoms with Crippen LogP contribution >= 0.6 is 12.2 Å². The molecule has 0 aliphatic rings. The van der Waals surface area contributed by atoms with Crippen molar-refractivity contribution in [3.8, 4) is 5.75 Å². The summed E-state index contributed by atoms with van der Waals surface area (Å²) in [7, 11) is 0. The van der Waals surface area contributed by atoms with E-state index in [1.807, 2.05) is 36.7 Å². The summed E-state index contributed by atoms with van der Waals surface area (Å²) >= 11 is 5.01. The van der Waals surface area contributed by atoms with E-state index in [0.717, 1.165) is 36.5 Å². The molecule has 0 aliphatic carbocycles. The maximum absolute atomic E-state index is 5.77. The van der Waals surface area contributed by atoms with Gasteiger partial charge < -0.3 is 15.0 Å². The highest BCUT2D eigenvalue weighted by atomic mass is 32.1. The van der Waals surface area contributed by atoms with Crippen molar-refractivity contribution >= 4 is 17.2 Å². The molecular weight excluding hydrogens is 270 g/mol. The van der Waals surface area contributed by atoms with Crippen LogP contribution in [0.15, 0.2) is 36.7 Å². The highest BCUT2D eigenvalue weighted by molar-refractivity contribution is 7.80. The van der Waals surface area contributed by atoms with Crippen molar-refractivity contribution in [2.75, 3.05) is 6.61 Å². The molecule has 2 N–H and O–H groups in total. The van der Waals surface area contributed by atoms with Crippen LogP contribution in [0, 0.1) is 0 Å². The zero-order valence-corrected chi connectivity index (χ0v) is 12.4. The molecule has 20 heavy (non-hydrogen) atoms. The van der Waals surface area contributed by atoms with Gasteiger partial charge in [0.15, 0.2) is 0 Å². The first-order valence-corrected chi connectivity index (χ1v) is 7.15. The maximum Gasteiger partial charge on any atom is 0.129 e. The number of thiocarbonyl (C=S) groups is 1. The van der Waals surface area contributed by atoms with E-state index < -0.39 is 0 Å². The van der Waals surface area contributed by atoms with Gasteiger partial charge in [0.05, 0.1) is 12.2 Å². The lowest BCUT2D eigenvalue weighted by Gasteiger charge is -2.11. The van der Waals surface area contributed by atoms with Crippen LogP contribution in [0.4, 0.5) is 0 Å². The number of aromatic nitrogens is 2. The van der Waals surface area contributed by atoms with E-state index in [1.165, 1.54) is 0 Å². The number of nitrogens with two attached hydrogens (primary N) is 1. The summed E-state index contributed by atoms with van der Waals surface area (Å²) in [5.41, 5.74) is 6.46. The Morgan fingerprint density at radius 3 is 2.95 bits per heavy atom. The third-order valence-corrected chi connectivity index (χ3v) is 3.29. The lowest BCUT2D eigenvalue weighted by Crippen LogP contribution is -2.12. The molecule has 4 nitrogen and oxygen atoms in total. The van der Waals surface area contributed by atoms with Gasteiger partial charge in [-0.3, -0.25) is 0 Å². The maximum atomic E-state index is 5.77. The zero-order chi connectivity index (χ0) is 14.4. The van der Waals surface area contributed by atoms with Crippen LogP contribution in [-0.4, -0.2) is 21.1 Å². The minimum Gasteiger partial charge on any atom is -0.493 e. The first-order chi connectivity index (χ1) is 9.72. The van der Waals surface area contributed by atoms with Crippen LogP contribution in [0.3, 0.4) is 0 Å². The molecular formula is C15H19N3OS. The fraction of sp³-hybridized carbons (Fsp3) is 0.333. The predicted molar refractivity (Wildman–Crippen MR) is 84.0 cm³/mol. The standard InChI is InChI=1S/C15H19N3OS/c1-2-14-17-8-10-18(14)9-5-11-19-13-7-4-3-6-12(13)15(16)20/h3-4,6-8,10H,2,5,9,11H2,1H3,(H2,16,20). The SMILES string of the molecule is CCc1nccn1CCCOc1ccccc1C(N)=S. The Kier molecular flexibility index (Phi) is 5.12. The van der Waals surface area contributed by atoms with Crippen molar-refractivity contribution < 1.29 is 4.74 Å². The first-order valence-electron chi connectivity index (χ1n) is 6.74. The molecule has 2 aromatic rings. The molecule has 0 fully saturated rings. The van der Waals surface area contributed by atoms with E-state index in [4.69, 9.17) is 22.7 Å². The van der Waals surface area contributed by atoms with Gasteiger partial charge in [-0.1, -0.05) is 31.3 Å². The first kappa shape index (κ1) is 14.5. The molecule has 0 unspecified atom stereocenters. The van der Waals surface area contributed by atoms with E-state index in [9.17, 15) is 0 Å². The Balaban J connectivity index is 1.86. The van der Waals surface area contributed by atoms with Crippen molar-refractivity contribution in [1.29, 1.82) is 0 Å². The lowest BCUT2D eigenvalue weighted by molar-refractivity contribution is 0.300. The minimum absolute atomic E-state index is 0.364. The molecule has 106 valence electrons. The van der Waals surface area contributed by atoms with Gasteiger partial charge in [0.25, 0.3) is 0 Å². The summed E-state index contributed by atoms with van der Waals surface area (Å²) < 4.78 is 7.92. The molecule has 0 aliphatic heterocycles. The topological polar surface area (TPSA) is 53.1 Å². The van der Waals surface area contributed by atoms with Crippen LogP contribution in [0.2, 0.25) is 0 Å². The molecule has 0 bridgehead atoms. The van der Waals surface area contributed by atoms with E-state index >= 15 is 0 Å². The van der Waals surface area contributed by atoms with Gasteiger partial charge in [0.2, 0.25) is 0 Å². The zero-order valence-electron chi connectivity index (χ0n) is 11.6. The van der Waals surface area contributed by atoms with E-state index in [2.05, 4.69) is 16.5 Å². The van der Waals surface area contributed by atoms with Gasteiger partial charge in [0.1, 0.15) is 16.6 Å². The van der Waals surface area contributed by atoms with Crippen molar-refractivity contribution in [1.82, 2.24) is 9.55 Å². The molecule has 0 amide bonds. The van der Waals surface area contributed by atoms with Gasteiger partial charge in [0, 0.05) is 25.4 Å². The number of ether oxygens (including phenoxy) is 1. The second kappa shape index (κ2) is 7.05. The molecule has 0 saturated heterocycles. The Morgan fingerprint density at radius 2 is 2.20 bits per heavy atom. The Bertz CT molecular complexity index is 580. The molecule has 0 spiro atoms. The number of hydrogen-bond donors (Lipinski definition) is 1. The molecule has 1 aromatic heterocycles. The van der Waals surface area contributed by atoms with Gasteiger partial charge in [-0.25, -0.2) is 4.98 Å². The van der Waals surface area contributed by atoms with Gasteiger partial charge in [-0.15, -0.1) is 0 Å². The smallest absolute Gasteiger partial charge is 0.129 e. The van der Waals surface area contributed by atoms with E-state index in [-0.39, 0.29) is 0 Å². The molecule has 0 atom stereocenters. The second-order valence-corrected chi connectivity index (χ2v) is 4.89. The third-order valence-electron chi connectivity index (χ3n) is 3.07. The molecule has 0 saturated carbocycles. The van der Waals surface area contributed by atoms with Crippen molar-refractivity contribution in [2.45, 2.75) is 26.3 Å². The summed E-state index contributed by atoms with van der Waals surface area (Å²) in [4.78, 5) is 4.66. The number of rotatable bonds is 7. The number of para-hydroxylation sites is 1. The average Bonchev–Trinajstić information content (AvgIpc) is 2.91. The molecule has 1 heterocycles. The highest BCUT2D eigenvalue weighted by Gasteiger charge is 2.05. The number of imidazole rings is 1. The van der Waals surface area contributed by atoms with Crippen molar-refractivity contribution in [3.63, 3.8) is 0 Å². The monoisotopic (exact) mass is 289 g/mol. The van der Waals surface area contributed by atoms with Crippen LogP contribution in [0.5, 0.6) is 5.75 Å². The Labute approximate surface area is 124 Å². The van der Waals surface area contributed by atoms with Gasteiger partial charge in [-0.2, -0.15) is 0 Å². The molecule has 1 aromatic carbocycles. The Morgan fingerprint density at radius 1 is 1.40 bits per heavy atom. The Hall–Kier alpha value is -1.88. The molecule has 5 heteroatoms. The van der Waals surface area contributed by atoms with Crippen LogP contribution in [-0.2, 0) is 13.0 Å². The van der Waals surface area contributed by atoms with E-state index in [1.54, 1.807) is 0 Å². The summed E-state index contributed by atoms with van der Waals surface area (Å²) in [6.45, 7) is 3.63. The molecule has 0 radical (unpaired) electrons. The number of nitrogens with zero attached hydrogens (tertiary/aromatic N) is 2. The fourth-order valence-electron chi connectivity index (χ4n) is 2.07. The predicted octanol–water partition coefficient (Wildman–Crippen LogP) is 2.55. The second-order valence-electron chi connectivity index (χ2n) is 4.45. The van der Waals surface area contributed by atoms with Crippen molar-refractivity contribution in [3.05, 3.63) is 48.0 Å². The van der Waals surface area contributed by atoms with Crippen molar-refractivity contribution in [2.24, 2.45) is 5.73 Å². The van der Waals surface area contributed by atoms with E-state index in [0.29, 0.717) is 11.6 Å². The normalized spacial score (nSPS) is 10.4. The van der Waals surface area contributed by atoms with Gasteiger partial charge in [-0.05, 0) is 18.6 Å². The summed E-state index contributed by atoms with van der Waals surface area (Å²) in [6.07, 6.45) is 5.69. The highest BCUT2D eigenvalue weighted by Crippen LogP contribution is 2.17. The molecule has 2 rings (SSSR count). The minimum atomic E-state index is 0.364. The van der Waals surface area contributed by atoms with Crippen LogP contribution in [0.1, 0.15) is 24.7 Å². The quantitative estimate of drug-likeness (QED) is 0.628. The summed E-state index contributed by atoms with van der Waals surface area (Å²) in [5, 5.41) is 0. The van der Waals surface area contributed by atoms with Crippen LogP contribution < -0.4 is 10.5 Å². The van der Waals surface area contributed by atoms with Crippen LogP contribution in [0.25, 0.3) is 0 Å². The third kappa shape index (κ3) is 3.57. The number of aryl methyl sites for hydroxylation is 2. The number of benzene rings is 1. The number of hydrogen-bond acceptors (Lipinski definition) is 3. The summed E-state index contributed by atoms with van der Waals surface area (Å²) in [5.74, 6) is 1.86. The largest absolute Gasteiger partial charge is 0.493 e. The van der Waals surface area contributed by atoms with Gasteiger partial charge >= 0.3 is 0 Å². The lowest BCUT2D eigenvalue weighted by atomic mass is 10.2.